The second-order valence-corrected chi connectivity index (χ2v) is 3.11. The van der Waals surface area contributed by atoms with Crippen molar-refractivity contribution in [3.05, 3.63) is 59.0 Å². The molecule has 0 spiro atoms. The van der Waals surface area contributed by atoms with E-state index in [9.17, 15) is 4.79 Å². The van der Waals surface area contributed by atoms with Crippen LogP contribution in [0.2, 0.25) is 0 Å². The first-order chi connectivity index (χ1) is 9.27. The molecule has 0 aliphatic heterocycles. The van der Waals surface area contributed by atoms with E-state index < -0.39 is 0 Å². The zero-order chi connectivity index (χ0) is 14.8. The van der Waals surface area contributed by atoms with Gasteiger partial charge in [0.05, 0.1) is 10.9 Å². The molecule has 1 aromatic heterocycles. The molecular weight excluding hydrogens is 236 g/mol. The first-order valence-corrected chi connectivity index (χ1v) is 6.58. The zero-order valence-corrected chi connectivity index (χ0v) is 12.2. The predicted octanol–water partition coefficient (Wildman–Crippen LogP) is 5.13. The van der Waals surface area contributed by atoms with Crippen LogP contribution >= 0.6 is 0 Å². The molecule has 1 heterocycles. The van der Waals surface area contributed by atoms with Crippen LogP contribution in [0.3, 0.4) is 0 Å². The molecule has 2 nitrogen and oxygen atoms in total. The molecular formula is C17H22O2. The minimum absolute atomic E-state index is 0.0678. The van der Waals surface area contributed by atoms with E-state index in [1.54, 1.807) is 18.2 Å². The van der Waals surface area contributed by atoms with E-state index in [0.717, 1.165) is 0 Å². The number of hydrogen-bond donors (Lipinski definition) is 0. The van der Waals surface area contributed by atoms with Gasteiger partial charge < -0.3 is 4.42 Å². The van der Waals surface area contributed by atoms with Gasteiger partial charge in [-0.2, -0.15) is 0 Å². The van der Waals surface area contributed by atoms with Crippen molar-refractivity contribution in [2.45, 2.75) is 27.7 Å². The SMILES string of the molecule is C=Cc1oc2ccccc2c(=O)c1C=C.CC.CC. The summed E-state index contributed by atoms with van der Waals surface area (Å²) >= 11 is 0. The number of rotatable bonds is 2. The summed E-state index contributed by atoms with van der Waals surface area (Å²) in [4.78, 5) is 12.0. The van der Waals surface area contributed by atoms with Crippen LogP contribution < -0.4 is 5.43 Å². The van der Waals surface area contributed by atoms with Crippen LogP contribution in [0.4, 0.5) is 0 Å². The zero-order valence-electron chi connectivity index (χ0n) is 12.2. The molecule has 19 heavy (non-hydrogen) atoms. The molecule has 0 aliphatic carbocycles. The van der Waals surface area contributed by atoms with Crippen LogP contribution in [-0.4, -0.2) is 0 Å². The van der Waals surface area contributed by atoms with Gasteiger partial charge in [0.2, 0.25) is 5.43 Å². The van der Waals surface area contributed by atoms with Crippen molar-refractivity contribution in [3.8, 4) is 0 Å². The van der Waals surface area contributed by atoms with Gasteiger partial charge in [-0.25, -0.2) is 0 Å². The van der Waals surface area contributed by atoms with Crippen molar-refractivity contribution in [1.29, 1.82) is 0 Å². The second kappa shape index (κ2) is 8.92. The molecule has 0 bridgehead atoms. The van der Waals surface area contributed by atoms with Crippen molar-refractivity contribution >= 4 is 23.1 Å². The first kappa shape index (κ1) is 16.9. The van der Waals surface area contributed by atoms with Crippen LogP contribution in [-0.2, 0) is 0 Å². The summed E-state index contributed by atoms with van der Waals surface area (Å²) in [6.07, 6.45) is 3.01. The molecule has 0 radical (unpaired) electrons. The third kappa shape index (κ3) is 3.68. The topological polar surface area (TPSA) is 30.2 Å². The minimum atomic E-state index is -0.0678. The average molecular weight is 258 g/mol. The van der Waals surface area contributed by atoms with Crippen LogP contribution in [0.1, 0.15) is 39.0 Å². The van der Waals surface area contributed by atoms with E-state index in [1.807, 2.05) is 33.8 Å². The molecule has 0 saturated heterocycles. The number of hydrogen-bond acceptors (Lipinski definition) is 2. The second-order valence-electron chi connectivity index (χ2n) is 3.11. The largest absolute Gasteiger partial charge is 0.456 e. The fourth-order valence-electron chi connectivity index (χ4n) is 1.52. The quantitative estimate of drug-likeness (QED) is 0.747. The summed E-state index contributed by atoms with van der Waals surface area (Å²) in [7, 11) is 0. The molecule has 0 aliphatic rings. The maximum atomic E-state index is 12.0. The third-order valence-corrected chi connectivity index (χ3v) is 2.25. The first-order valence-electron chi connectivity index (χ1n) is 6.58. The molecule has 0 unspecified atom stereocenters. The summed E-state index contributed by atoms with van der Waals surface area (Å²) in [5.41, 5.74) is 0.966. The highest BCUT2D eigenvalue weighted by Crippen LogP contribution is 2.16. The normalized spacial score (nSPS) is 8.63. The molecule has 0 fully saturated rings. The van der Waals surface area contributed by atoms with E-state index in [0.29, 0.717) is 22.3 Å². The highest BCUT2D eigenvalue weighted by molar-refractivity contribution is 5.80. The Hall–Kier alpha value is -2.09. The fraction of sp³-hybridized carbons (Fsp3) is 0.235. The van der Waals surface area contributed by atoms with Gasteiger partial charge in [-0.1, -0.05) is 59.1 Å². The molecule has 2 aromatic rings. The van der Waals surface area contributed by atoms with Gasteiger partial charge in [0.25, 0.3) is 0 Å². The monoisotopic (exact) mass is 258 g/mol. The predicted molar refractivity (Wildman–Crippen MR) is 85.4 cm³/mol. The van der Waals surface area contributed by atoms with Crippen molar-refractivity contribution in [3.63, 3.8) is 0 Å². The lowest BCUT2D eigenvalue weighted by Gasteiger charge is -2.02. The van der Waals surface area contributed by atoms with E-state index in [1.165, 1.54) is 12.2 Å². The number of para-hydroxylation sites is 1. The van der Waals surface area contributed by atoms with Crippen LogP contribution in [0.25, 0.3) is 23.1 Å². The summed E-state index contributed by atoms with van der Waals surface area (Å²) in [6, 6.07) is 7.13. The molecule has 0 saturated carbocycles. The van der Waals surface area contributed by atoms with Crippen molar-refractivity contribution < 1.29 is 4.42 Å². The molecule has 102 valence electrons. The lowest BCUT2D eigenvalue weighted by Crippen LogP contribution is -2.06. The Labute approximate surface area is 115 Å². The average Bonchev–Trinajstić information content (AvgIpc) is 2.51. The lowest BCUT2D eigenvalue weighted by atomic mass is 10.1. The molecule has 1 aromatic carbocycles. The van der Waals surface area contributed by atoms with Gasteiger partial charge in [0.15, 0.2) is 0 Å². The highest BCUT2D eigenvalue weighted by Gasteiger charge is 2.08. The standard InChI is InChI=1S/C13H10O2.2C2H6/c1-3-9-11(4-2)15-12-8-6-5-7-10(12)13(9)14;2*1-2/h3-8H,1-2H2;2*1-2H3. The third-order valence-electron chi connectivity index (χ3n) is 2.25. The Kier molecular flexibility index (Phi) is 7.94. The summed E-state index contributed by atoms with van der Waals surface area (Å²) in [5, 5.41) is 0.568. The Balaban J connectivity index is 0.000000741. The van der Waals surface area contributed by atoms with Gasteiger partial charge in [-0.3, -0.25) is 4.79 Å². The Morgan fingerprint density at radius 2 is 1.58 bits per heavy atom. The lowest BCUT2D eigenvalue weighted by molar-refractivity contribution is 0.589. The number of benzene rings is 1. The van der Waals surface area contributed by atoms with Crippen molar-refractivity contribution in [2.75, 3.05) is 0 Å². The van der Waals surface area contributed by atoms with Gasteiger partial charge in [-0.15, -0.1) is 0 Å². The van der Waals surface area contributed by atoms with Crippen molar-refractivity contribution in [1.82, 2.24) is 0 Å². The van der Waals surface area contributed by atoms with E-state index >= 15 is 0 Å². The molecule has 2 heteroatoms. The van der Waals surface area contributed by atoms with E-state index in [2.05, 4.69) is 13.2 Å². The highest BCUT2D eigenvalue weighted by atomic mass is 16.3. The maximum absolute atomic E-state index is 12.0. The summed E-state index contributed by atoms with van der Waals surface area (Å²) in [5.74, 6) is 0.466. The van der Waals surface area contributed by atoms with Gasteiger partial charge in [0.1, 0.15) is 11.3 Å². The van der Waals surface area contributed by atoms with Crippen LogP contribution in [0.5, 0.6) is 0 Å². The van der Waals surface area contributed by atoms with Gasteiger partial charge in [0, 0.05) is 0 Å². The minimum Gasteiger partial charge on any atom is -0.456 e. The van der Waals surface area contributed by atoms with Gasteiger partial charge in [-0.05, 0) is 18.2 Å². The molecule has 0 amide bonds. The summed E-state index contributed by atoms with van der Waals surface area (Å²) in [6.45, 7) is 15.2. The molecule has 2 rings (SSSR count). The van der Waals surface area contributed by atoms with E-state index in [-0.39, 0.29) is 5.43 Å². The smallest absolute Gasteiger partial charge is 0.200 e. The van der Waals surface area contributed by atoms with Crippen LogP contribution in [0.15, 0.2) is 46.6 Å². The Bertz CT molecular complexity index is 592. The maximum Gasteiger partial charge on any atom is 0.200 e. The van der Waals surface area contributed by atoms with Crippen LogP contribution in [0, 0.1) is 0 Å². The van der Waals surface area contributed by atoms with E-state index in [4.69, 9.17) is 4.42 Å². The summed E-state index contributed by atoms with van der Waals surface area (Å²) < 4.78 is 5.52. The fourth-order valence-corrected chi connectivity index (χ4v) is 1.52. The number of fused-ring (bicyclic) bond motifs is 1. The van der Waals surface area contributed by atoms with Crippen molar-refractivity contribution in [2.24, 2.45) is 0 Å². The molecule has 0 N–H and O–H groups in total. The molecule has 0 atom stereocenters. The van der Waals surface area contributed by atoms with Gasteiger partial charge >= 0.3 is 0 Å². The Morgan fingerprint density at radius 1 is 1.00 bits per heavy atom. The Morgan fingerprint density at radius 3 is 2.11 bits per heavy atom.